The highest BCUT2D eigenvalue weighted by Gasteiger charge is 2.33. The lowest BCUT2D eigenvalue weighted by molar-refractivity contribution is 0.153. The van der Waals surface area contributed by atoms with Crippen molar-refractivity contribution in [2.45, 2.75) is 50.9 Å². The van der Waals surface area contributed by atoms with Gasteiger partial charge in [-0.3, -0.25) is 0 Å². The Morgan fingerprint density at radius 3 is 2.80 bits per heavy atom. The summed E-state index contributed by atoms with van der Waals surface area (Å²) < 4.78 is 0. The Morgan fingerprint density at radius 2 is 1.90 bits per heavy atom. The van der Waals surface area contributed by atoms with Crippen molar-refractivity contribution in [1.82, 2.24) is 9.97 Å². The first kappa shape index (κ1) is 12.2. The second-order valence-electron chi connectivity index (χ2n) is 6.71. The molecule has 3 nitrogen and oxygen atoms in total. The summed E-state index contributed by atoms with van der Waals surface area (Å²) in [5, 5.41) is 0. The number of hydrogen-bond acceptors (Lipinski definition) is 2. The third-order valence-corrected chi connectivity index (χ3v) is 5.45. The quantitative estimate of drug-likeness (QED) is 0.762. The van der Waals surface area contributed by atoms with E-state index in [2.05, 4.69) is 4.98 Å². The van der Waals surface area contributed by atoms with Crippen LogP contribution >= 0.6 is 0 Å². The summed E-state index contributed by atoms with van der Waals surface area (Å²) in [5.74, 6) is 3.76. The largest absolute Gasteiger partial charge is 0.399 e. The van der Waals surface area contributed by atoms with Gasteiger partial charge in [0, 0.05) is 11.6 Å². The molecule has 1 aromatic carbocycles. The van der Waals surface area contributed by atoms with Crippen LogP contribution in [-0.4, -0.2) is 9.97 Å². The molecule has 1 aromatic heterocycles. The fourth-order valence-electron chi connectivity index (χ4n) is 4.36. The molecule has 3 atom stereocenters. The number of rotatable bonds is 1. The van der Waals surface area contributed by atoms with Gasteiger partial charge in [-0.25, -0.2) is 4.98 Å². The number of nitrogens with two attached hydrogens (primary N) is 1. The summed E-state index contributed by atoms with van der Waals surface area (Å²) in [7, 11) is 0. The molecule has 0 aliphatic heterocycles. The Morgan fingerprint density at radius 1 is 1.05 bits per heavy atom. The zero-order chi connectivity index (χ0) is 13.5. The van der Waals surface area contributed by atoms with Gasteiger partial charge in [0.2, 0.25) is 0 Å². The average molecular weight is 269 g/mol. The molecule has 2 aliphatic carbocycles. The van der Waals surface area contributed by atoms with Crippen molar-refractivity contribution in [3.8, 4) is 0 Å². The fourth-order valence-corrected chi connectivity index (χ4v) is 4.36. The van der Waals surface area contributed by atoms with Crippen LogP contribution in [0.2, 0.25) is 0 Å². The SMILES string of the molecule is Nc1ccc2nc(C3CCC4CCCCC4C3)[nH]c2c1. The third kappa shape index (κ3) is 2.09. The Hall–Kier alpha value is -1.51. The molecule has 2 aliphatic rings. The van der Waals surface area contributed by atoms with Crippen LogP contribution in [0.4, 0.5) is 5.69 Å². The number of H-pyrrole nitrogens is 1. The van der Waals surface area contributed by atoms with Gasteiger partial charge in [-0.2, -0.15) is 0 Å². The van der Waals surface area contributed by atoms with Crippen molar-refractivity contribution in [3.05, 3.63) is 24.0 Å². The molecule has 2 fully saturated rings. The van der Waals surface area contributed by atoms with Crippen molar-refractivity contribution >= 4 is 16.7 Å². The van der Waals surface area contributed by atoms with Crippen LogP contribution in [0.5, 0.6) is 0 Å². The van der Waals surface area contributed by atoms with Gasteiger partial charge < -0.3 is 10.7 Å². The van der Waals surface area contributed by atoms with Crippen LogP contribution in [0, 0.1) is 11.8 Å². The minimum absolute atomic E-state index is 0.628. The molecular weight excluding hydrogens is 246 g/mol. The first-order valence-corrected chi connectivity index (χ1v) is 8.05. The first-order chi connectivity index (χ1) is 9.79. The molecule has 2 saturated carbocycles. The van der Waals surface area contributed by atoms with E-state index in [1.807, 2.05) is 18.2 Å². The number of aromatic nitrogens is 2. The van der Waals surface area contributed by atoms with E-state index < -0.39 is 0 Å². The van der Waals surface area contributed by atoms with Crippen LogP contribution in [0.1, 0.15) is 56.7 Å². The monoisotopic (exact) mass is 269 g/mol. The standard InChI is InChI=1S/C17H23N3/c18-14-7-8-15-16(10-14)20-17(19-15)13-6-5-11-3-1-2-4-12(11)9-13/h7-8,10-13H,1-6,9,18H2,(H,19,20). The summed E-state index contributed by atoms with van der Waals surface area (Å²) in [6.45, 7) is 0. The summed E-state index contributed by atoms with van der Waals surface area (Å²) in [6, 6.07) is 5.96. The molecule has 0 bridgehead atoms. The van der Waals surface area contributed by atoms with Gasteiger partial charge in [0.25, 0.3) is 0 Å². The number of aromatic amines is 1. The molecule has 20 heavy (non-hydrogen) atoms. The maximum Gasteiger partial charge on any atom is 0.110 e. The van der Waals surface area contributed by atoms with E-state index in [0.29, 0.717) is 5.92 Å². The smallest absolute Gasteiger partial charge is 0.110 e. The highest BCUT2D eigenvalue weighted by molar-refractivity contribution is 5.78. The Balaban J connectivity index is 1.59. The van der Waals surface area contributed by atoms with E-state index in [1.165, 1.54) is 50.8 Å². The number of hydrogen-bond donors (Lipinski definition) is 2. The van der Waals surface area contributed by atoms with E-state index in [1.54, 1.807) is 0 Å². The third-order valence-electron chi connectivity index (χ3n) is 5.45. The zero-order valence-electron chi connectivity index (χ0n) is 11.9. The van der Waals surface area contributed by atoms with Crippen LogP contribution in [0.3, 0.4) is 0 Å². The topological polar surface area (TPSA) is 54.7 Å². The Labute approximate surface area is 120 Å². The molecule has 1 heterocycles. The Bertz CT molecular complexity index is 616. The first-order valence-electron chi connectivity index (χ1n) is 8.05. The lowest BCUT2D eigenvalue weighted by Crippen LogP contribution is -2.27. The zero-order valence-corrected chi connectivity index (χ0v) is 11.9. The summed E-state index contributed by atoms with van der Waals surface area (Å²) in [5.41, 5.74) is 8.80. The lowest BCUT2D eigenvalue weighted by atomic mass is 9.67. The van der Waals surface area contributed by atoms with E-state index in [0.717, 1.165) is 28.6 Å². The van der Waals surface area contributed by atoms with Gasteiger partial charge in [0.1, 0.15) is 5.82 Å². The number of nitrogens with one attached hydrogen (secondary N) is 1. The second kappa shape index (κ2) is 4.80. The summed E-state index contributed by atoms with van der Waals surface area (Å²) in [6.07, 6.45) is 9.83. The predicted octanol–water partition coefficient (Wildman–Crippen LogP) is 4.22. The molecule has 3 N–H and O–H groups in total. The van der Waals surface area contributed by atoms with E-state index in [4.69, 9.17) is 10.7 Å². The number of imidazole rings is 1. The van der Waals surface area contributed by atoms with Gasteiger partial charge >= 0.3 is 0 Å². The van der Waals surface area contributed by atoms with Gasteiger partial charge in [-0.05, 0) is 49.3 Å². The highest BCUT2D eigenvalue weighted by Crippen LogP contribution is 2.45. The molecule has 3 unspecified atom stereocenters. The fraction of sp³-hybridized carbons (Fsp3) is 0.588. The molecule has 3 heteroatoms. The van der Waals surface area contributed by atoms with Crippen molar-refractivity contribution in [3.63, 3.8) is 0 Å². The molecular formula is C17H23N3. The van der Waals surface area contributed by atoms with Crippen molar-refractivity contribution in [2.24, 2.45) is 11.8 Å². The summed E-state index contributed by atoms with van der Waals surface area (Å²) >= 11 is 0. The molecule has 0 saturated heterocycles. The average Bonchev–Trinajstić information content (AvgIpc) is 2.89. The van der Waals surface area contributed by atoms with Crippen molar-refractivity contribution in [1.29, 1.82) is 0 Å². The van der Waals surface area contributed by atoms with E-state index in [-0.39, 0.29) is 0 Å². The number of nitrogens with zero attached hydrogens (tertiary/aromatic N) is 1. The lowest BCUT2D eigenvalue weighted by Gasteiger charge is -2.38. The van der Waals surface area contributed by atoms with E-state index in [9.17, 15) is 0 Å². The van der Waals surface area contributed by atoms with E-state index >= 15 is 0 Å². The molecule has 106 valence electrons. The van der Waals surface area contributed by atoms with Crippen molar-refractivity contribution < 1.29 is 0 Å². The second-order valence-corrected chi connectivity index (χ2v) is 6.71. The predicted molar refractivity (Wildman–Crippen MR) is 82.5 cm³/mol. The number of anilines is 1. The normalized spacial score (nSPS) is 30.3. The van der Waals surface area contributed by atoms with Crippen LogP contribution in [-0.2, 0) is 0 Å². The summed E-state index contributed by atoms with van der Waals surface area (Å²) in [4.78, 5) is 8.31. The maximum atomic E-state index is 5.85. The molecule has 4 rings (SSSR count). The maximum absolute atomic E-state index is 5.85. The van der Waals surface area contributed by atoms with Crippen LogP contribution < -0.4 is 5.73 Å². The Kier molecular flexibility index (Phi) is 2.94. The molecule has 0 radical (unpaired) electrons. The van der Waals surface area contributed by atoms with Gasteiger partial charge in [-0.15, -0.1) is 0 Å². The van der Waals surface area contributed by atoms with Crippen LogP contribution in [0.25, 0.3) is 11.0 Å². The number of nitrogen functional groups attached to an aromatic ring is 1. The molecule has 0 spiro atoms. The van der Waals surface area contributed by atoms with Crippen LogP contribution in [0.15, 0.2) is 18.2 Å². The number of fused-ring (bicyclic) bond motifs is 2. The number of benzene rings is 1. The van der Waals surface area contributed by atoms with Gasteiger partial charge in [0.05, 0.1) is 11.0 Å². The van der Waals surface area contributed by atoms with Crippen molar-refractivity contribution in [2.75, 3.05) is 5.73 Å². The highest BCUT2D eigenvalue weighted by atomic mass is 14.9. The molecule has 0 amide bonds. The minimum atomic E-state index is 0.628. The molecule has 2 aromatic rings. The van der Waals surface area contributed by atoms with Gasteiger partial charge in [0.15, 0.2) is 0 Å². The minimum Gasteiger partial charge on any atom is -0.399 e. The van der Waals surface area contributed by atoms with Gasteiger partial charge in [-0.1, -0.05) is 25.7 Å².